The fraction of sp³-hybridized carbons (Fsp3) is 0.143. The molecule has 1 amide bonds. The number of rotatable bonds is 6. The third-order valence-corrected chi connectivity index (χ3v) is 6.26. The Morgan fingerprint density at radius 3 is 2.52 bits per heavy atom. The van der Waals surface area contributed by atoms with E-state index in [1.165, 1.54) is 7.11 Å². The maximum Gasteiger partial charge on any atom is 0.264 e. The molecule has 1 heterocycles. The third kappa shape index (κ3) is 3.56. The maximum absolute atomic E-state index is 13.6. The molecule has 0 aromatic heterocycles. The zero-order valence-corrected chi connectivity index (χ0v) is 18.2. The zero-order valence-electron chi connectivity index (χ0n) is 18.2. The van der Waals surface area contributed by atoms with Crippen LogP contribution in [0.2, 0.25) is 0 Å². The predicted molar refractivity (Wildman–Crippen MR) is 127 cm³/mol. The number of carbonyl (C=O) groups is 2. The van der Waals surface area contributed by atoms with Crippen LogP contribution >= 0.6 is 0 Å². The van der Waals surface area contributed by atoms with E-state index in [0.29, 0.717) is 29.1 Å². The number of para-hydroxylation sites is 1. The number of Topliss-reactive ketones (excluding diaryl/α,β-unsaturated/α-hetero) is 1. The molecule has 5 heteroatoms. The number of nitrogens with zero attached hydrogens (tertiary/aromatic N) is 1. The number of anilines is 1. The maximum atomic E-state index is 13.6. The quantitative estimate of drug-likeness (QED) is 0.438. The highest BCUT2D eigenvalue weighted by Crippen LogP contribution is 2.44. The lowest BCUT2D eigenvalue weighted by Crippen LogP contribution is -2.41. The summed E-state index contributed by atoms with van der Waals surface area (Å²) in [5, 5.41) is 13.7. The van der Waals surface area contributed by atoms with E-state index in [9.17, 15) is 14.7 Å². The molecule has 0 aliphatic carbocycles. The Morgan fingerprint density at radius 2 is 1.67 bits per heavy atom. The molecule has 5 rings (SSSR count). The molecule has 0 fully saturated rings. The number of benzene rings is 4. The van der Waals surface area contributed by atoms with Gasteiger partial charge in [-0.2, -0.15) is 0 Å². The zero-order chi connectivity index (χ0) is 23.0. The van der Waals surface area contributed by atoms with E-state index >= 15 is 0 Å². The second-order valence-electron chi connectivity index (χ2n) is 8.24. The molecule has 1 atom stereocenters. The molecule has 5 nitrogen and oxygen atoms in total. The second kappa shape index (κ2) is 8.19. The van der Waals surface area contributed by atoms with Crippen LogP contribution in [0.15, 0.2) is 91.0 Å². The normalized spacial score (nSPS) is 17.3. The molecule has 1 aliphatic heterocycles. The van der Waals surface area contributed by atoms with E-state index < -0.39 is 11.5 Å². The van der Waals surface area contributed by atoms with Crippen molar-refractivity contribution in [1.29, 1.82) is 0 Å². The average Bonchev–Trinajstić information content (AvgIpc) is 3.06. The van der Waals surface area contributed by atoms with Gasteiger partial charge in [0.1, 0.15) is 5.75 Å². The van der Waals surface area contributed by atoms with Crippen molar-refractivity contribution in [2.45, 2.75) is 18.6 Å². The molecule has 1 aliphatic rings. The van der Waals surface area contributed by atoms with Crippen molar-refractivity contribution in [3.8, 4) is 5.75 Å². The van der Waals surface area contributed by atoms with Gasteiger partial charge in [0, 0.05) is 11.1 Å². The van der Waals surface area contributed by atoms with Crippen LogP contribution in [0.25, 0.3) is 10.8 Å². The van der Waals surface area contributed by atoms with Crippen LogP contribution in [-0.4, -0.2) is 23.9 Å². The van der Waals surface area contributed by atoms with Crippen molar-refractivity contribution >= 4 is 28.2 Å². The molecule has 0 saturated carbocycles. The summed E-state index contributed by atoms with van der Waals surface area (Å²) in [6.07, 6.45) is -0.345. The van der Waals surface area contributed by atoms with E-state index in [1.807, 2.05) is 54.6 Å². The van der Waals surface area contributed by atoms with Crippen molar-refractivity contribution in [3.63, 3.8) is 0 Å². The van der Waals surface area contributed by atoms with Gasteiger partial charge in [-0.25, -0.2) is 0 Å². The first-order chi connectivity index (χ1) is 16.0. The van der Waals surface area contributed by atoms with Crippen LogP contribution in [0.4, 0.5) is 5.69 Å². The van der Waals surface area contributed by atoms with Crippen LogP contribution in [0.1, 0.15) is 27.9 Å². The highest BCUT2D eigenvalue weighted by Gasteiger charge is 2.50. The van der Waals surface area contributed by atoms with Crippen LogP contribution in [0, 0.1) is 0 Å². The van der Waals surface area contributed by atoms with Crippen molar-refractivity contribution in [1.82, 2.24) is 0 Å². The fourth-order valence-electron chi connectivity index (χ4n) is 4.57. The largest absolute Gasteiger partial charge is 0.497 e. The van der Waals surface area contributed by atoms with Crippen LogP contribution in [0.5, 0.6) is 5.75 Å². The first-order valence-corrected chi connectivity index (χ1v) is 10.8. The Morgan fingerprint density at radius 1 is 0.939 bits per heavy atom. The molecule has 0 unspecified atom stereocenters. The highest BCUT2D eigenvalue weighted by atomic mass is 16.5. The number of hydrogen-bond donors (Lipinski definition) is 1. The summed E-state index contributed by atoms with van der Waals surface area (Å²) in [5.74, 6) is -0.275. The number of ketones is 1. The van der Waals surface area contributed by atoms with E-state index in [2.05, 4.69) is 0 Å². The number of ether oxygens (including phenoxy) is 1. The third-order valence-electron chi connectivity index (χ3n) is 6.26. The summed E-state index contributed by atoms with van der Waals surface area (Å²) in [5.41, 5.74) is 0.504. The summed E-state index contributed by atoms with van der Waals surface area (Å²) in [4.78, 5) is 28.3. The molecule has 0 bridgehead atoms. The second-order valence-corrected chi connectivity index (χ2v) is 8.24. The Balaban J connectivity index is 1.51. The average molecular weight is 437 g/mol. The topological polar surface area (TPSA) is 66.8 Å². The number of methoxy groups -OCH3 is 1. The number of hydrogen-bond acceptors (Lipinski definition) is 4. The van der Waals surface area contributed by atoms with Gasteiger partial charge in [-0.3, -0.25) is 9.59 Å². The Labute approximate surface area is 191 Å². The van der Waals surface area contributed by atoms with E-state index in [4.69, 9.17) is 4.74 Å². The van der Waals surface area contributed by atoms with Gasteiger partial charge in [-0.05, 0) is 34.5 Å². The molecule has 33 heavy (non-hydrogen) atoms. The molecule has 0 spiro atoms. The van der Waals surface area contributed by atoms with E-state index in [-0.39, 0.29) is 12.2 Å². The fourth-order valence-corrected chi connectivity index (χ4v) is 4.57. The standard InChI is InChI=1S/C28H23NO4/c1-33-22-12-7-10-20(16-22)26(30)17-28(32)24-14-4-5-15-25(24)29(27(28)31)18-21-11-6-9-19-8-2-3-13-23(19)21/h2-16,32H,17-18H2,1H3/t28-/m0/s1. The van der Waals surface area contributed by atoms with Crippen LogP contribution in [0.3, 0.4) is 0 Å². The predicted octanol–water partition coefficient (Wildman–Crippen LogP) is 4.86. The Bertz CT molecular complexity index is 1370. The minimum Gasteiger partial charge on any atom is -0.497 e. The molecule has 0 radical (unpaired) electrons. The Hall–Kier alpha value is -3.96. The molecule has 0 saturated heterocycles. The molecule has 164 valence electrons. The minimum absolute atomic E-state index is 0.298. The Kier molecular flexibility index (Phi) is 5.19. The summed E-state index contributed by atoms with van der Waals surface area (Å²) < 4.78 is 5.21. The lowest BCUT2D eigenvalue weighted by Gasteiger charge is -2.23. The monoisotopic (exact) mass is 437 g/mol. The SMILES string of the molecule is COc1cccc(C(=O)C[C@@]2(O)C(=O)N(Cc3cccc4ccccc34)c3ccccc32)c1. The number of fused-ring (bicyclic) bond motifs is 2. The van der Waals surface area contributed by atoms with Crippen molar-refractivity contribution in [2.24, 2.45) is 0 Å². The van der Waals surface area contributed by atoms with Gasteiger partial charge in [0.2, 0.25) is 0 Å². The summed E-state index contributed by atoms with van der Waals surface area (Å²) >= 11 is 0. The number of carbonyl (C=O) groups excluding carboxylic acids is 2. The molecular formula is C28H23NO4. The van der Waals surface area contributed by atoms with Gasteiger partial charge in [-0.1, -0.05) is 72.8 Å². The first kappa shape index (κ1) is 20.9. The van der Waals surface area contributed by atoms with Gasteiger partial charge in [-0.15, -0.1) is 0 Å². The first-order valence-electron chi connectivity index (χ1n) is 10.8. The number of amides is 1. The van der Waals surface area contributed by atoms with Crippen molar-refractivity contribution < 1.29 is 19.4 Å². The van der Waals surface area contributed by atoms with Crippen LogP contribution < -0.4 is 9.64 Å². The van der Waals surface area contributed by atoms with Gasteiger partial charge in [0.05, 0.1) is 25.8 Å². The molecule has 4 aromatic carbocycles. The van der Waals surface area contributed by atoms with Gasteiger partial charge >= 0.3 is 0 Å². The van der Waals surface area contributed by atoms with E-state index in [0.717, 1.165) is 16.3 Å². The lowest BCUT2D eigenvalue weighted by atomic mass is 9.88. The highest BCUT2D eigenvalue weighted by molar-refractivity contribution is 6.11. The summed E-state index contributed by atoms with van der Waals surface area (Å²) in [6.45, 7) is 0.298. The number of aliphatic hydroxyl groups is 1. The summed E-state index contributed by atoms with van der Waals surface area (Å²) in [7, 11) is 1.53. The van der Waals surface area contributed by atoms with Crippen molar-refractivity contribution in [3.05, 3.63) is 108 Å². The lowest BCUT2D eigenvalue weighted by molar-refractivity contribution is -0.136. The van der Waals surface area contributed by atoms with Gasteiger partial charge < -0.3 is 14.7 Å². The smallest absolute Gasteiger partial charge is 0.264 e. The summed E-state index contributed by atoms with van der Waals surface area (Å²) in [6, 6.07) is 27.8. The van der Waals surface area contributed by atoms with Crippen LogP contribution in [-0.2, 0) is 16.9 Å². The van der Waals surface area contributed by atoms with Crippen molar-refractivity contribution in [2.75, 3.05) is 12.0 Å². The molecule has 4 aromatic rings. The van der Waals surface area contributed by atoms with E-state index in [1.54, 1.807) is 41.3 Å². The minimum atomic E-state index is -1.93. The molecule has 1 N–H and O–H groups in total. The van der Waals surface area contributed by atoms with Gasteiger partial charge in [0.25, 0.3) is 5.91 Å². The van der Waals surface area contributed by atoms with Gasteiger partial charge in [0.15, 0.2) is 11.4 Å². The molecular weight excluding hydrogens is 414 g/mol.